The smallest absolute Gasteiger partial charge is 0.343 e. The largest absolute Gasteiger partial charge is 0.496 e. The van der Waals surface area contributed by atoms with Crippen LogP contribution in [0.1, 0.15) is 31.1 Å². The molecule has 1 aromatic carbocycles. The van der Waals surface area contributed by atoms with E-state index in [2.05, 4.69) is 15.9 Å². The number of methoxy groups -OCH3 is 3. The maximum atomic E-state index is 13.0. The molecule has 26 heavy (non-hydrogen) atoms. The molecule has 0 saturated carbocycles. The first-order valence-corrected chi connectivity index (χ1v) is 8.70. The van der Waals surface area contributed by atoms with E-state index in [0.29, 0.717) is 10.2 Å². The van der Waals surface area contributed by atoms with E-state index in [1.165, 1.54) is 26.4 Å². The maximum absolute atomic E-state index is 13.0. The van der Waals surface area contributed by atoms with Crippen molar-refractivity contribution in [3.8, 4) is 11.5 Å². The fourth-order valence-corrected chi connectivity index (χ4v) is 2.56. The van der Waals surface area contributed by atoms with Crippen molar-refractivity contribution in [2.75, 3.05) is 21.3 Å². The van der Waals surface area contributed by atoms with Gasteiger partial charge in [-0.15, -0.1) is 0 Å². The Balaban J connectivity index is 3.43. The van der Waals surface area contributed by atoms with Gasteiger partial charge in [-0.25, -0.2) is 4.79 Å². The Hall–Kier alpha value is -2.06. The van der Waals surface area contributed by atoms with E-state index in [1.54, 1.807) is 6.92 Å². The van der Waals surface area contributed by atoms with Gasteiger partial charge >= 0.3 is 5.97 Å². The van der Waals surface area contributed by atoms with E-state index in [9.17, 15) is 14.8 Å². The Morgan fingerprint density at radius 3 is 2.15 bits per heavy atom. The van der Waals surface area contributed by atoms with Gasteiger partial charge in [0.05, 0.1) is 37.4 Å². The number of Topliss-reactive ketones (excluding diaryl/α,β-unsaturated/α-hetero) is 1. The minimum Gasteiger partial charge on any atom is -0.496 e. The highest BCUT2D eigenvalue weighted by atomic mass is 79.9. The van der Waals surface area contributed by atoms with Crippen LogP contribution in [-0.2, 0) is 9.53 Å². The molecule has 0 amide bonds. The fourth-order valence-electron chi connectivity index (χ4n) is 2.05. The number of ketones is 1. The molecule has 0 heterocycles. The summed E-state index contributed by atoms with van der Waals surface area (Å²) in [5, 5.41) is 11.0. The second kappa shape index (κ2) is 9.59. The summed E-state index contributed by atoms with van der Waals surface area (Å²) in [6, 6.07) is 2.70. The van der Waals surface area contributed by atoms with E-state index < -0.39 is 11.8 Å². The molecule has 1 unspecified atom stereocenters. The summed E-state index contributed by atoms with van der Waals surface area (Å²) in [7, 11) is 4.05. The van der Waals surface area contributed by atoms with Crippen LogP contribution in [-0.4, -0.2) is 49.4 Å². The molecule has 0 aliphatic rings. The highest BCUT2D eigenvalue weighted by molar-refractivity contribution is 9.10. The standard InChI is InChI=1S/C18H24BrNO6/c1-10(2)11(3)20(23)9-13(18(22)26-6)17(21)12-7-14(19)16(25-5)8-15(12)24-4/h7-11,23H,1-6H3/b13-9+. The monoisotopic (exact) mass is 429 g/mol. The lowest BCUT2D eigenvalue weighted by atomic mass is 10.0. The second-order valence-electron chi connectivity index (χ2n) is 5.92. The zero-order valence-corrected chi connectivity index (χ0v) is 17.3. The van der Waals surface area contributed by atoms with Crippen LogP contribution >= 0.6 is 15.9 Å². The number of carbonyl (C=O) groups excluding carboxylic acids is 2. The zero-order chi connectivity index (χ0) is 20.0. The van der Waals surface area contributed by atoms with Crippen molar-refractivity contribution < 1.29 is 29.0 Å². The van der Waals surface area contributed by atoms with E-state index in [4.69, 9.17) is 14.2 Å². The molecule has 0 radical (unpaired) electrons. The number of halogens is 1. The molecule has 0 saturated heterocycles. The third-order valence-electron chi connectivity index (χ3n) is 4.01. The predicted octanol–water partition coefficient (Wildman–Crippen LogP) is 3.44. The molecule has 1 aromatic rings. The molecule has 0 bridgehead atoms. The number of esters is 1. The highest BCUT2D eigenvalue weighted by Gasteiger charge is 2.27. The Labute approximate surface area is 161 Å². The van der Waals surface area contributed by atoms with Gasteiger partial charge in [-0.05, 0) is 34.8 Å². The highest BCUT2D eigenvalue weighted by Crippen LogP contribution is 2.34. The zero-order valence-electron chi connectivity index (χ0n) is 15.7. The number of rotatable bonds is 8. The molecule has 8 heteroatoms. The van der Waals surface area contributed by atoms with Crippen LogP contribution in [0.4, 0.5) is 0 Å². The first-order chi connectivity index (χ1) is 12.2. The number of carbonyl (C=O) groups is 2. The van der Waals surface area contributed by atoms with Crippen molar-refractivity contribution in [1.82, 2.24) is 5.06 Å². The van der Waals surface area contributed by atoms with Crippen LogP contribution < -0.4 is 9.47 Å². The summed E-state index contributed by atoms with van der Waals surface area (Å²) in [5.41, 5.74) is -0.194. The van der Waals surface area contributed by atoms with Crippen molar-refractivity contribution in [2.45, 2.75) is 26.8 Å². The molecule has 144 valence electrons. The summed E-state index contributed by atoms with van der Waals surface area (Å²) in [4.78, 5) is 25.1. The van der Waals surface area contributed by atoms with Crippen LogP contribution in [0, 0.1) is 5.92 Å². The van der Waals surface area contributed by atoms with Crippen LogP contribution in [0.5, 0.6) is 11.5 Å². The molecule has 1 rings (SSSR count). The van der Waals surface area contributed by atoms with E-state index in [-0.39, 0.29) is 28.8 Å². The Kier molecular flexibility index (Phi) is 8.10. The summed E-state index contributed by atoms with van der Waals surface area (Å²) in [5.74, 6) is -0.716. The lowest BCUT2D eigenvalue weighted by Gasteiger charge is -2.24. The lowest BCUT2D eigenvalue weighted by molar-refractivity contribution is -0.136. The minimum absolute atomic E-state index is 0.0925. The summed E-state index contributed by atoms with van der Waals surface area (Å²) < 4.78 is 15.6. The normalized spacial score (nSPS) is 12.6. The van der Waals surface area contributed by atoms with Gasteiger partial charge < -0.3 is 14.2 Å². The summed E-state index contributed by atoms with van der Waals surface area (Å²) >= 11 is 3.31. The number of benzene rings is 1. The minimum atomic E-state index is -0.862. The lowest BCUT2D eigenvalue weighted by Crippen LogP contribution is -2.31. The van der Waals surface area contributed by atoms with Crippen LogP contribution in [0.2, 0.25) is 0 Å². The van der Waals surface area contributed by atoms with Gasteiger partial charge in [0.2, 0.25) is 5.78 Å². The number of hydrogen-bond acceptors (Lipinski definition) is 7. The van der Waals surface area contributed by atoms with Crippen molar-refractivity contribution in [3.63, 3.8) is 0 Å². The van der Waals surface area contributed by atoms with Crippen molar-refractivity contribution >= 4 is 27.7 Å². The average Bonchev–Trinajstić information content (AvgIpc) is 2.63. The van der Waals surface area contributed by atoms with E-state index >= 15 is 0 Å². The summed E-state index contributed by atoms with van der Waals surface area (Å²) in [6.07, 6.45) is 1.08. The van der Waals surface area contributed by atoms with Gasteiger partial charge in [0.15, 0.2) is 0 Å². The molecule has 0 fully saturated rings. The Morgan fingerprint density at radius 1 is 1.12 bits per heavy atom. The number of hydroxylamine groups is 2. The maximum Gasteiger partial charge on any atom is 0.343 e. The molecule has 1 N–H and O–H groups in total. The molecule has 1 atom stereocenters. The topological polar surface area (TPSA) is 85.3 Å². The quantitative estimate of drug-likeness (QED) is 0.169. The molecule has 0 aliphatic heterocycles. The van der Waals surface area contributed by atoms with Gasteiger partial charge in [-0.2, -0.15) is 0 Å². The average molecular weight is 430 g/mol. The van der Waals surface area contributed by atoms with Crippen molar-refractivity contribution in [2.24, 2.45) is 5.92 Å². The van der Waals surface area contributed by atoms with Crippen LogP contribution in [0.25, 0.3) is 0 Å². The van der Waals surface area contributed by atoms with Crippen molar-refractivity contribution in [3.05, 3.63) is 33.9 Å². The van der Waals surface area contributed by atoms with E-state index in [1.807, 2.05) is 13.8 Å². The van der Waals surface area contributed by atoms with Gasteiger partial charge in [0.1, 0.15) is 17.1 Å². The fraction of sp³-hybridized carbons (Fsp3) is 0.444. The molecular formula is C18H24BrNO6. The van der Waals surface area contributed by atoms with Gasteiger partial charge in [0.25, 0.3) is 0 Å². The van der Waals surface area contributed by atoms with Crippen LogP contribution in [0.15, 0.2) is 28.4 Å². The van der Waals surface area contributed by atoms with Gasteiger partial charge in [-0.3, -0.25) is 15.1 Å². The van der Waals surface area contributed by atoms with Crippen molar-refractivity contribution in [1.29, 1.82) is 0 Å². The second-order valence-corrected chi connectivity index (χ2v) is 6.77. The number of ether oxygens (including phenoxy) is 3. The molecular weight excluding hydrogens is 406 g/mol. The van der Waals surface area contributed by atoms with E-state index in [0.717, 1.165) is 18.4 Å². The van der Waals surface area contributed by atoms with Gasteiger partial charge in [0, 0.05) is 12.3 Å². The van der Waals surface area contributed by atoms with Gasteiger partial charge in [-0.1, -0.05) is 13.8 Å². The number of hydrogen-bond donors (Lipinski definition) is 1. The molecule has 7 nitrogen and oxygen atoms in total. The molecule has 0 aromatic heterocycles. The SMILES string of the molecule is COC(=O)/C(=C/N(O)C(C)C(C)C)C(=O)c1cc(Br)c(OC)cc1OC. The third kappa shape index (κ3) is 4.98. The number of nitrogens with zero attached hydrogens (tertiary/aromatic N) is 1. The van der Waals surface area contributed by atoms with Crippen LogP contribution in [0.3, 0.4) is 0 Å². The first-order valence-electron chi connectivity index (χ1n) is 7.91. The molecule has 0 aliphatic carbocycles. The third-order valence-corrected chi connectivity index (χ3v) is 4.63. The Morgan fingerprint density at radius 2 is 1.69 bits per heavy atom. The predicted molar refractivity (Wildman–Crippen MR) is 99.6 cm³/mol. The first kappa shape index (κ1) is 22.0. The molecule has 0 spiro atoms. The summed E-state index contributed by atoms with van der Waals surface area (Å²) in [6.45, 7) is 5.58. The Bertz CT molecular complexity index is 701.